The molecule has 0 saturated carbocycles. The van der Waals surface area contributed by atoms with Gasteiger partial charge in [0.25, 0.3) is 11.6 Å². The first-order chi connectivity index (χ1) is 12.8. The van der Waals surface area contributed by atoms with Crippen LogP contribution >= 0.6 is 28.1 Å². The molecule has 0 bridgehead atoms. The average molecular weight is 454 g/mol. The standard InChI is InChI=1S/C17H16BrN3O5S/c1-3-26-14-7-4-10(8-12(14)18)16(22)20-17(27)19-13-6-5-11(21(23)24)9-15(13)25-2/h4-9H,3H2,1-2H3,(H2,19,20,22,27). The van der Waals surface area contributed by atoms with E-state index in [1.165, 1.54) is 25.3 Å². The van der Waals surface area contributed by atoms with Gasteiger partial charge in [-0.1, -0.05) is 0 Å². The van der Waals surface area contributed by atoms with Gasteiger partial charge in [0.15, 0.2) is 5.11 Å². The van der Waals surface area contributed by atoms with Crippen molar-refractivity contribution < 1.29 is 19.2 Å². The van der Waals surface area contributed by atoms with Gasteiger partial charge < -0.3 is 14.8 Å². The predicted molar refractivity (Wildman–Crippen MR) is 109 cm³/mol. The molecule has 8 nitrogen and oxygen atoms in total. The number of carbonyl (C=O) groups excluding carboxylic acids is 1. The zero-order valence-electron chi connectivity index (χ0n) is 14.4. The maximum absolute atomic E-state index is 12.3. The maximum Gasteiger partial charge on any atom is 0.273 e. The molecular weight excluding hydrogens is 438 g/mol. The molecule has 0 heterocycles. The highest BCUT2D eigenvalue weighted by atomic mass is 79.9. The lowest BCUT2D eigenvalue weighted by atomic mass is 10.2. The van der Waals surface area contributed by atoms with Crippen molar-refractivity contribution in [1.82, 2.24) is 5.32 Å². The molecule has 0 unspecified atom stereocenters. The number of rotatable bonds is 6. The van der Waals surface area contributed by atoms with E-state index in [4.69, 9.17) is 21.7 Å². The second-order valence-electron chi connectivity index (χ2n) is 5.13. The van der Waals surface area contributed by atoms with E-state index in [1.54, 1.807) is 18.2 Å². The van der Waals surface area contributed by atoms with Gasteiger partial charge in [-0.05, 0) is 59.3 Å². The molecule has 0 aromatic heterocycles. The summed E-state index contributed by atoms with van der Waals surface area (Å²) in [7, 11) is 1.38. The molecule has 0 saturated heterocycles. The fraction of sp³-hybridized carbons (Fsp3) is 0.176. The van der Waals surface area contributed by atoms with Crippen LogP contribution in [0.15, 0.2) is 40.9 Å². The maximum atomic E-state index is 12.3. The fourth-order valence-corrected chi connectivity index (χ4v) is 2.84. The van der Waals surface area contributed by atoms with Crippen LogP contribution in [0.4, 0.5) is 11.4 Å². The van der Waals surface area contributed by atoms with Crippen molar-refractivity contribution >= 4 is 50.5 Å². The molecule has 2 N–H and O–H groups in total. The minimum absolute atomic E-state index is 0.0251. The number of thiocarbonyl (C=S) groups is 1. The van der Waals surface area contributed by atoms with E-state index in [-0.39, 0.29) is 16.5 Å². The number of anilines is 1. The summed E-state index contributed by atoms with van der Waals surface area (Å²) in [5.74, 6) is 0.437. The number of ether oxygens (including phenoxy) is 2. The lowest BCUT2D eigenvalue weighted by molar-refractivity contribution is -0.384. The molecular formula is C17H16BrN3O5S. The molecule has 0 fully saturated rings. The van der Waals surface area contributed by atoms with Crippen molar-refractivity contribution in [2.24, 2.45) is 0 Å². The van der Waals surface area contributed by atoms with Crippen LogP contribution in [0.3, 0.4) is 0 Å². The lowest BCUT2D eigenvalue weighted by Gasteiger charge is -2.13. The number of nitrogens with zero attached hydrogens (tertiary/aromatic N) is 1. The number of methoxy groups -OCH3 is 1. The van der Waals surface area contributed by atoms with Crippen molar-refractivity contribution in [1.29, 1.82) is 0 Å². The SMILES string of the molecule is CCOc1ccc(C(=O)NC(=S)Nc2ccc([N+](=O)[O-])cc2OC)cc1Br. The zero-order valence-corrected chi connectivity index (χ0v) is 16.8. The van der Waals surface area contributed by atoms with Gasteiger partial charge in [-0.2, -0.15) is 0 Å². The summed E-state index contributed by atoms with van der Waals surface area (Å²) in [6.45, 7) is 2.37. The van der Waals surface area contributed by atoms with Gasteiger partial charge in [-0.15, -0.1) is 0 Å². The molecule has 0 spiro atoms. The molecule has 0 aliphatic rings. The van der Waals surface area contributed by atoms with Gasteiger partial charge in [0.05, 0.1) is 34.9 Å². The van der Waals surface area contributed by atoms with Gasteiger partial charge in [0.2, 0.25) is 0 Å². The van der Waals surface area contributed by atoms with Crippen LogP contribution in [0.5, 0.6) is 11.5 Å². The Morgan fingerprint density at radius 2 is 2.00 bits per heavy atom. The minimum atomic E-state index is -0.532. The Hall–Kier alpha value is -2.72. The third kappa shape index (κ3) is 5.38. The van der Waals surface area contributed by atoms with Crippen molar-refractivity contribution in [3.63, 3.8) is 0 Å². The molecule has 0 radical (unpaired) electrons. The number of nitrogens with one attached hydrogen (secondary N) is 2. The fourth-order valence-electron chi connectivity index (χ4n) is 2.14. The van der Waals surface area contributed by atoms with Gasteiger partial charge in [0, 0.05) is 11.6 Å². The van der Waals surface area contributed by atoms with E-state index in [0.717, 1.165) is 0 Å². The summed E-state index contributed by atoms with van der Waals surface area (Å²) in [6, 6.07) is 8.92. The summed E-state index contributed by atoms with van der Waals surface area (Å²) in [6.07, 6.45) is 0. The number of hydrogen-bond donors (Lipinski definition) is 2. The summed E-state index contributed by atoms with van der Waals surface area (Å²) in [4.78, 5) is 22.6. The van der Waals surface area contributed by atoms with E-state index in [2.05, 4.69) is 26.6 Å². The Balaban J connectivity index is 2.08. The summed E-state index contributed by atoms with van der Waals surface area (Å²) in [5, 5.41) is 16.2. The smallest absolute Gasteiger partial charge is 0.273 e. The normalized spacial score (nSPS) is 10.0. The summed E-state index contributed by atoms with van der Waals surface area (Å²) in [5.41, 5.74) is 0.651. The van der Waals surface area contributed by atoms with Crippen LogP contribution in [0.25, 0.3) is 0 Å². The highest BCUT2D eigenvalue weighted by molar-refractivity contribution is 9.10. The Morgan fingerprint density at radius 1 is 1.26 bits per heavy atom. The third-order valence-electron chi connectivity index (χ3n) is 3.37. The molecule has 2 aromatic carbocycles. The van der Waals surface area contributed by atoms with Gasteiger partial charge in [-0.25, -0.2) is 0 Å². The van der Waals surface area contributed by atoms with Crippen LogP contribution in [0, 0.1) is 10.1 Å². The summed E-state index contributed by atoms with van der Waals surface area (Å²) < 4.78 is 11.2. The molecule has 10 heteroatoms. The van der Waals surface area contributed by atoms with Crippen LogP contribution in [0.1, 0.15) is 17.3 Å². The number of hydrogen-bond acceptors (Lipinski definition) is 6. The molecule has 27 heavy (non-hydrogen) atoms. The van der Waals surface area contributed by atoms with E-state index < -0.39 is 10.8 Å². The molecule has 2 aromatic rings. The molecule has 0 atom stereocenters. The van der Waals surface area contributed by atoms with Crippen molar-refractivity contribution in [2.45, 2.75) is 6.92 Å². The molecule has 0 aliphatic carbocycles. The number of non-ortho nitro benzene ring substituents is 1. The van der Waals surface area contributed by atoms with E-state index >= 15 is 0 Å². The number of carbonyl (C=O) groups is 1. The third-order valence-corrected chi connectivity index (χ3v) is 4.19. The topological polar surface area (TPSA) is 103 Å². The van der Waals surface area contributed by atoms with Crippen LogP contribution in [0.2, 0.25) is 0 Å². The Kier molecular flexibility index (Phi) is 7.08. The van der Waals surface area contributed by atoms with Gasteiger partial charge in [-0.3, -0.25) is 20.2 Å². The van der Waals surface area contributed by atoms with Crippen molar-refractivity contribution in [3.05, 3.63) is 56.5 Å². The van der Waals surface area contributed by atoms with Gasteiger partial charge >= 0.3 is 0 Å². The zero-order chi connectivity index (χ0) is 20.0. The number of nitro benzene ring substituents is 1. The highest BCUT2D eigenvalue weighted by Crippen LogP contribution is 2.29. The van der Waals surface area contributed by atoms with E-state index in [1.807, 2.05) is 6.92 Å². The molecule has 0 aliphatic heterocycles. The van der Waals surface area contributed by atoms with Gasteiger partial charge in [0.1, 0.15) is 11.5 Å². The van der Waals surface area contributed by atoms with Crippen LogP contribution in [-0.2, 0) is 0 Å². The van der Waals surface area contributed by atoms with Crippen molar-refractivity contribution in [3.8, 4) is 11.5 Å². The number of nitro groups is 1. The average Bonchev–Trinajstić information content (AvgIpc) is 2.63. The first kappa shape index (κ1) is 20.6. The number of halogens is 1. The van der Waals surface area contributed by atoms with E-state index in [9.17, 15) is 14.9 Å². The lowest BCUT2D eigenvalue weighted by Crippen LogP contribution is -2.34. The number of amides is 1. The van der Waals surface area contributed by atoms with Crippen LogP contribution < -0.4 is 20.1 Å². The van der Waals surface area contributed by atoms with Crippen LogP contribution in [-0.4, -0.2) is 29.7 Å². The molecule has 2 rings (SSSR count). The summed E-state index contributed by atoms with van der Waals surface area (Å²) >= 11 is 8.48. The Morgan fingerprint density at radius 3 is 2.59 bits per heavy atom. The molecule has 1 amide bonds. The Labute approximate surface area is 169 Å². The second kappa shape index (κ2) is 9.28. The first-order valence-corrected chi connectivity index (χ1v) is 8.93. The largest absolute Gasteiger partial charge is 0.494 e. The predicted octanol–water partition coefficient (Wildman–Crippen LogP) is 3.89. The van der Waals surface area contributed by atoms with E-state index in [0.29, 0.717) is 28.1 Å². The van der Waals surface area contributed by atoms with Crippen molar-refractivity contribution in [2.75, 3.05) is 19.0 Å². The highest BCUT2D eigenvalue weighted by Gasteiger charge is 2.14. The minimum Gasteiger partial charge on any atom is -0.494 e. The second-order valence-corrected chi connectivity index (χ2v) is 6.39. The monoisotopic (exact) mass is 453 g/mol. The quantitative estimate of drug-likeness (QED) is 0.388. The first-order valence-electron chi connectivity index (χ1n) is 7.72. The molecule has 142 valence electrons. The Bertz CT molecular complexity index is 891. The number of benzene rings is 2.